The van der Waals surface area contributed by atoms with Crippen LogP contribution >= 0.6 is 0 Å². The lowest BCUT2D eigenvalue weighted by Gasteiger charge is -2.14. The highest BCUT2D eigenvalue weighted by atomic mass is 19.1. The Hall–Kier alpha value is -3.34. The maximum Gasteiger partial charge on any atom is 0.255 e. The number of amides is 1. The van der Waals surface area contributed by atoms with Crippen molar-refractivity contribution in [3.8, 4) is 11.5 Å². The van der Waals surface area contributed by atoms with Crippen molar-refractivity contribution in [1.29, 1.82) is 0 Å². The van der Waals surface area contributed by atoms with Crippen molar-refractivity contribution >= 4 is 11.6 Å². The first-order valence-electron chi connectivity index (χ1n) is 9.07. The Bertz CT molecular complexity index is 937. The molecule has 1 amide bonds. The van der Waals surface area contributed by atoms with Crippen LogP contribution in [0.1, 0.15) is 28.4 Å². The Morgan fingerprint density at radius 2 is 1.68 bits per heavy atom. The van der Waals surface area contributed by atoms with E-state index in [1.165, 1.54) is 24.3 Å². The average Bonchev–Trinajstić information content (AvgIpc) is 2.70. The highest BCUT2D eigenvalue weighted by molar-refractivity contribution is 6.04. The van der Waals surface area contributed by atoms with E-state index in [1.807, 2.05) is 38.1 Å². The second kappa shape index (κ2) is 9.04. The molecule has 3 rings (SSSR count). The van der Waals surface area contributed by atoms with E-state index in [-0.39, 0.29) is 18.3 Å². The third-order valence-electron chi connectivity index (χ3n) is 4.14. The molecule has 5 heteroatoms. The lowest BCUT2D eigenvalue weighted by molar-refractivity contribution is 0.102. The molecule has 144 valence electrons. The number of halogens is 1. The lowest BCUT2D eigenvalue weighted by atomic mass is 10.1. The fraction of sp³-hybridized carbons (Fsp3) is 0.174. The molecule has 0 bridgehead atoms. The second-order valence-electron chi connectivity index (χ2n) is 6.32. The molecule has 3 aromatic rings. The minimum absolute atomic E-state index is 0.274. The summed E-state index contributed by atoms with van der Waals surface area (Å²) in [6, 6.07) is 18.6. The molecule has 0 aliphatic heterocycles. The molecule has 0 spiro atoms. The minimum Gasteiger partial charge on any atom is -0.493 e. The summed E-state index contributed by atoms with van der Waals surface area (Å²) in [4.78, 5) is 12.5. The Balaban J connectivity index is 1.76. The summed E-state index contributed by atoms with van der Waals surface area (Å²) in [6.45, 7) is 4.70. The molecule has 28 heavy (non-hydrogen) atoms. The molecular weight excluding hydrogens is 357 g/mol. The van der Waals surface area contributed by atoms with E-state index < -0.39 is 0 Å². The summed E-state index contributed by atoms with van der Waals surface area (Å²) in [7, 11) is 0. The van der Waals surface area contributed by atoms with E-state index in [1.54, 1.807) is 18.2 Å². The molecule has 0 unspecified atom stereocenters. The first kappa shape index (κ1) is 19.4. The van der Waals surface area contributed by atoms with Gasteiger partial charge in [-0.3, -0.25) is 4.79 Å². The van der Waals surface area contributed by atoms with Gasteiger partial charge in [0.25, 0.3) is 5.91 Å². The van der Waals surface area contributed by atoms with E-state index in [4.69, 9.17) is 9.47 Å². The summed E-state index contributed by atoms with van der Waals surface area (Å²) in [5.41, 5.74) is 2.92. The molecule has 4 nitrogen and oxygen atoms in total. The molecule has 0 atom stereocenters. The van der Waals surface area contributed by atoms with Gasteiger partial charge in [0.05, 0.1) is 6.61 Å². The molecule has 0 saturated heterocycles. The number of carbonyl (C=O) groups is 1. The summed E-state index contributed by atoms with van der Waals surface area (Å²) < 4.78 is 24.5. The number of anilines is 1. The standard InChI is InChI=1S/C23H22FNO3/c1-3-27-22-13-6-17(23(26)25-20-9-7-19(24)8-10-20)14-18(22)15-28-21-11-4-16(2)5-12-21/h4-14H,3,15H2,1-2H3,(H,25,26). The largest absolute Gasteiger partial charge is 0.493 e. The number of rotatable bonds is 7. The molecule has 3 aromatic carbocycles. The van der Waals surface area contributed by atoms with Crippen molar-refractivity contribution in [2.24, 2.45) is 0 Å². The number of hydrogen-bond acceptors (Lipinski definition) is 3. The van der Waals surface area contributed by atoms with Crippen molar-refractivity contribution in [1.82, 2.24) is 0 Å². The molecule has 0 aromatic heterocycles. The zero-order valence-electron chi connectivity index (χ0n) is 15.9. The molecular formula is C23H22FNO3. The van der Waals surface area contributed by atoms with Crippen LogP contribution < -0.4 is 14.8 Å². The summed E-state index contributed by atoms with van der Waals surface area (Å²) in [5, 5.41) is 2.76. The van der Waals surface area contributed by atoms with Gasteiger partial charge in [-0.15, -0.1) is 0 Å². The van der Waals surface area contributed by atoms with E-state index in [0.717, 1.165) is 16.9 Å². The normalized spacial score (nSPS) is 10.4. The predicted octanol–water partition coefficient (Wildman–Crippen LogP) is 5.36. The first-order chi connectivity index (χ1) is 13.5. The van der Waals surface area contributed by atoms with Crippen molar-refractivity contribution < 1.29 is 18.7 Å². The van der Waals surface area contributed by atoms with Crippen LogP contribution in [0.15, 0.2) is 66.7 Å². The van der Waals surface area contributed by atoms with Crippen LogP contribution in [0, 0.1) is 12.7 Å². The van der Waals surface area contributed by atoms with Gasteiger partial charge in [0.15, 0.2) is 0 Å². The maximum atomic E-state index is 13.0. The molecule has 0 fully saturated rings. The minimum atomic E-state index is -0.352. The highest BCUT2D eigenvalue weighted by Crippen LogP contribution is 2.23. The second-order valence-corrected chi connectivity index (χ2v) is 6.32. The molecule has 1 N–H and O–H groups in total. The van der Waals surface area contributed by atoms with Gasteiger partial charge in [-0.2, -0.15) is 0 Å². The summed E-state index contributed by atoms with van der Waals surface area (Å²) in [5.74, 6) is 0.781. The van der Waals surface area contributed by atoms with E-state index >= 15 is 0 Å². The van der Waals surface area contributed by atoms with Crippen molar-refractivity contribution in [3.63, 3.8) is 0 Å². The van der Waals surface area contributed by atoms with Gasteiger partial charge in [0, 0.05) is 16.8 Å². The predicted molar refractivity (Wildman–Crippen MR) is 107 cm³/mol. The Kier molecular flexibility index (Phi) is 6.27. The number of benzene rings is 3. The molecule has 0 radical (unpaired) electrons. The van der Waals surface area contributed by atoms with Gasteiger partial charge in [-0.05, 0) is 68.4 Å². The van der Waals surface area contributed by atoms with Gasteiger partial charge in [0.2, 0.25) is 0 Å². The molecule has 0 heterocycles. The Morgan fingerprint density at radius 1 is 0.964 bits per heavy atom. The third kappa shape index (κ3) is 5.10. The van der Waals surface area contributed by atoms with Crippen molar-refractivity contribution in [2.75, 3.05) is 11.9 Å². The lowest BCUT2D eigenvalue weighted by Crippen LogP contribution is -2.13. The summed E-state index contributed by atoms with van der Waals surface area (Å²) >= 11 is 0. The highest BCUT2D eigenvalue weighted by Gasteiger charge is 2.12. The Morgan fingerprint density at radius 3 is 2.36 bits per heavy atom. The monoisotopic (exact) mass is 379 g/mol. The molecule has 0 aliphatic carbocycles. The van der Waals surface area contributed by atoms with E-state index in [9.17, 15) is 9.18 Å². The zero-order chi connectivity index (χ0) is 19.9. The molecule has 0 aliphatic rings. The third-order valence-corrected chi connectivity index (χ3v) is 4.14. The van der Waals surface area contributed by atoms with E-state index in [0.29, 0.717) is 23.6 Å². The fourth-order valence-corrected chi connectivity index (χ4v) is 2.66. The first-order valence-corrected chi connectivity index (χ1v) is 9.07. The average molecular weight is 379 g/mol. The van der Waals surface area contributed by atoms with Crippen LogP contribution in [0.3, 0.4) is 0 Å². The maximum absolute atomic E-state index is 13.0. The van der Waals surface area contributed by atoms with Crippen LogP contribution in [0.25, 0.3) is 0 Å². The van der Waals surface area contributed by atoms with Gasteiger partial charge in [-0.1, -0.05) is 17.7 Å². The SMILES string of the molecule is CCOc1ccc(C(=O)Nc2ccc(F)cc2)cc1COc1ccc(C)cc1. The number of hydrogen-bond donors (Lipinski definition) is 1. The van der Waals surface area contributed by atoms with Crippen molar-refractivity contribution in [2.45, 2.75) is 20.5 Å². The zero-order valence-corrected chi connectivity index (χ0v) is 15.9. The van der Waals surface area contributed by atoms with Crippen LogP contribution in [-0.4, -0.2) is 12.5 Å². The van der Waals surface area contributed by atoms with Gasteiger partial charge >= 0.3 is 0 Å². The van der Waals surface area contributed by atoms with Gasteiger partial charge in [0.1, 0.15) is 23.9 Å². The van der Waals surface area contributed by atoms with Crippen molar-refractivity contribution in [3.05, 3.63) is 89.2 Å². The number of carbonyl (C=O) groups excluding carboxylic acids is 1. The van der Waals surface area contributed by atoms with Crippen LogP contribution in [0.4, 0.5) is 10.1 Å². The van der Waals surface area contributed by atoms with Crippen LogP contribution in [-0.2, 0) is 6.61 Å². The number of aryl methyl sites for hydroxylation is 1. The number of ether oxygens (including phenoxy) is 2. The fourth-order valence-electron chi connectivity index (χ4n) is 2.66. The Labute approximate surface area is 163 Å². The van der Waals surface area contributed by atoms with Gasteiger partial charge in [-0.25, -0.2) is 4.39 Å². The number of nitrogens with one attached hydrogen (secondary N) is 1. The summed E-state index contributed by atoms with van der Waals surface area (Å²) in [6.07, 6.45) is 0. The topological polar surface area (TPSA) is 47.6 Å². The van der Waals surface area contributed by atoms with Crippen LogP contribution in [0.5, 0.6) is 11.5 Å². The van der Waals surface area contributed by atoms with Gasteiger partial charge < -0.3 is 14.8 Å². The molecule has 0 saturated carbocycles. The smallest absolute Gasteiger partial charge is 0.255 e. The van der Waals surface area contributed by atoms with E-state index in [2.05, 4.69) is 5.32 Å². The quantitative estimate of drug-likeness (QED) is 0.601. The van der Waals surface area contributed by atoms with Crippen LogP contribution in [0.2, 0.25) is 0 Å².